The summed E-state index contributed by atoms with van der Waals surface area (Å²) in [4.78, 5) is 35.0. The van der Waals surface area contributed by atoms with Crippen molar-refractivity contribution in [2.24, 2.45) is 0 Å². The minimum absolute atomic E-state index is 0.182. The van der Waals surface area contributed by atoms with E-state index in [1.54, 1.807) is 34.9 Å². The molecule has 0 saturated carbocycles. The van der Waals surface area contributed by atoms with E-state index >= 15 is 0 Å². The maximum absolute atomic E-state index is 12.8. The smallest absolute Gasteiger partial charge is 0.446 e. The molecule has 2 aromatic rings. The lowest BCUT2D eigenvalue weighted by molar-refractivity contribution is -0.156. The van der Waals surface area contributed by atoms with Crippen LogP contribution in [0.4, 0.5) is 13.2 Å². The largest absolute Gasteiger partial charge is 0.478 e. The summed E-state index contributed by atoms with van der Waals surface area (Å²) in [6, 6.07) is 9.04. The van der Waals surface area contributed by atoms with Gasteiger partial charge in [-0.3, -0.25) is 14.5 Å². The van der Waals surface area contributed by atoms with Crippen molar-refractivity contribution in [1.82, 2.24) is 9.47 Å². The van der Waals surface area contributed by atoms with E-state index in [0.717, 1.165) is 35.2 Å². The first-order valence-electron chi connectivity index (χ1n) is 11.1. The monoisotopic (exact) mass is 578 g/mol. The number of benzene rings is 1. The fourth-order valence-corrected chi connectivity index (χ4v) is 4.96. The van der Waals surface area contributed by atoms with E-state index in [1.807, 2.05) is 0 Å². The predicted molar refractivity (Wildman–Crippen MR) is 131 cm³/mol. The molecular weight excluding hydrogens is 553 g/mol. The van der Waals surface area contributed by atoms with E-state index in [0.29, 0.717) is 19.0 Å². The predicted octanol–water partition coefficient (Wildman–Crippen LogP) is 5.72. The topological polar surface area (TPSA) is 79.6 Å². The third-order valence-corrected chi connectivity index (χ3v) is 6.69. The SMILES string of the molecule is CCC[C@H]1CCCN1Cc1c(Br)cc(Cl)c(=O)n1CCc1ccc(C(=O)O)cc1.O=CC(F)(F)F. The Balaban J connectivity index is 0.000000641. The molecule has 6 nitrogen and oxygen atoms in total. The van der Waals surface area contributed by atoms with Crippen LogP contribution in [0.2, 0.25) is 5.02 Å². The summed E-state index contributed by atoms with van der Waals surface area (Å²) in [5, 5.41) is 9.25. The molecule has 1 atom stereocenters. The molecule has 1 aliphatic rings. The van der Waals surface area contributed by atoms with Crippen LogP contribution in [0, 0.1) is 0 Å². The number of aldehydes is 1. The number of hydrogen-bond acceptors (Lipinski definition) is 4. The third-order valence-electron chi connectivity index (χ3n) is 5.74. The Bertz CT molecular complexity index is 1070. The minimum atomic E-state index is -4.64. The van der Waals surface area contributed by atoms with Crippen molar-refractivity contribution in [3.05, 3.63) is 67.0 Å². The average molecular weight is 580 g/mol. The summed E-state index contributed by atoms with van der Waals surface area (Å²) in [7, 11) is 0. The van der Waals surface area contributed by atoms with Crippen LogP contribution in [-0.4, -0.2) is 45.6 Å². The summed E-state index contributed by atoms with van der Waals surface area (Å²) in [5.41, 5.74) is 2.00. The number of hydrogen-bond donors (Lipinski definition) is 1. The van der Waals surface area contributed by atoms with Gasteiger partial charge in [0.2, 0.25) is 6.29 Å². The highest BCUT2D eigenvalue weighted by atomic mass is 79.9. The number of pyridine rings is 1. The number of aryl methyl sites for hydroxylation is 1. The molecule has 3 rings (SSSR count). The van der Waals surface area contributed by atoms with Gasteiger partial charge in [0.25, 0.3) is 5.56 Å². The number of nitrogens with zero attached hydrogens (tertiary/aromatic N) is 2. The average Bonchev–Trinajstić information content (AvgIpc) is 3.24. The lowest BCUT2D eigenvalue weighted by Crippen LogP contribution is -2.33. The molecule has 0 aliphatic carbocycles. The van der Waals surface area contributed by atoms with E-state index in [4.69, 9.17) is 21.5 Å². The van der Waals surface area contributed by atoms with Gasteiger partial charge >= 0.3 is 12.1 Å². The molecule has 1 fully saturated rings. The van der Waals surface area contributed by atoms with E-state index in [1.165, 1.54) is 19.3 Å². The Morgan fingerprint density at radius 2 is 1.91 bits per heavy atom. The lowest BCUT2D eigenvalue weighted by atomic mass is 10.1. The van der Waals surface area contributed by atoms with Gasteiger partial charge in [0.1, 0.15) is 5.02 Å². The van der Waals surface area contributed by atoms with E-state index < -0.39 is 18.4 Å². The fraction of sp³-hybridized carbons (Fsp3) is 0.458. The molecule has 0 radical (unpaired) electrons. The molecule has 1 N–H and O–H groups in total. The second kappa shape index (κ2) is 13.2. The van der Waals surface area contributed by atoms with Crippen molar-refractivity contribution >= 4 is 39.8 Å². The highest BCUT2D eigenvalue weighted by Gasteiger charge is 2.26. The number of aromatic carboxylic acids is 1. The number of alkyl halides is 3. The van der Waals surface area contributed by atoms with Crippen LogP contribution in [0.1, 0.15) is 54.2 Å². The quantitative estimate of drug-likeness (QED) is 0.405. The van der Waals surface area contributed by atoms with Crippen molar-refractivity contribution in [3.63, 3.8) is 0 Å². The zero-order valence-electron chi connectivity index (χ0n) is 19.2. The summed E-state index contributed by atoms with van der Waals surface area (Å²) < 4.78 is 33.9. The molecule has 35 heavy (non-hydrogen) atoms. The van der Waals surface area contributed by atoms with Crippen molar-refractivity contribution in [2.75, 3.05) is 6.54 Å². The van der Waals surface area contributed by atoms with Crippen LogP contribution in [0.5, 0.6) is 0 Å². The number of carbonyl (C=O) groups excluding carboxylic acids is 1. The summed E-state index contributed by atoms with van der Waals surface area (Å²) in [6.45, 7) is 4.46. The molecule has 2 heterocycles. The Morgan fingerprint density at radius 3 is 2.46 bits per heavy atom. The second-order valence-corrected chi connectivity index (χ2v) is 9.47. The van der Waals surface area contributed by atoms with Gasteiger partial charge in [-0.1, -0.05) is 37.1 Å². The van der Waals surface area contributed by atoms with Crippen molar-refractivity contribution in [2.45, 2.75) is 64.3 Å². The van der Waals surface area contributed by atoms with Gasteiger partial charge in [-0.05, 0) is 71.9 Å². The van der Waals surface area contributed by atoms with Crippen molar-refractivity contribution < 1.29 is 27.9 Å². The van der Waals surface area contributed by atoms with Crippen LogP contribution in [0.3, 0.4) is 0 Å². The number of likely N-dealkylation sites (tertiary alicyclic amines) is 1. The first-order valence-corrected chi connectivity index (χ1v) is 12.3. The van der Waals surface area contributed by atoms with Crippen LogP contribution >= 0.6 is 27.5 Å². The molecule has 0 spiro atoms. The Morgan fingerprint density at radius 1 is 1.29 bits per heavy atom. The van der Waals surface area contributed by atoms with Gasteiger partial charge in [-0.25, -0.2) is 4.79 Å². The number of halogens is 5. The maximum Gasteiger partial charge on any atom is 0.446 e. The van der Waals surface area contributed by atoms with Crippen molar-refractivity contribution in [1.29, 1.82) is 0 Å². The first-order chi connectivity index (χ1) is 16.5. The fourth-order valence-electron chi connectivity index (χ4n) is 4.04. The molecule has 0 unspecified atom stereocenters. The van der Waals surface area contributed by atoms with E-state index in [9.17, 15) is 22.8 Å². The maximum atomic E-state index is 12.8. The van der Waals surface area contributed by atoms with Gasteiger partial charge in [-0.2, -0.15) is 13.2 Å². The Labute approximate surface area is 214 Å². The molecule has 0 amide bonds. The van der Waals surface area contributed by atoms with Crippen LogP contribution in [0.25, 0.3) is 0 Å². The van der Waals surface area contributed by atoms with Gasteiger partial charge in [0, 0.05) is 29.3 Å². The molecule has 1 aromatic heterocycles. The molecule has 0 bridgehead atoms. The number of rotatable bonds is 8. The zero-order chi connectivity index (χ0) is 26.2. The van der Waals surface area contributed by atoms with Gasteiger partial charge in [0.15, 0.2) is 0 Å². The number of carboxylic acid groups (broad SMARTS) is 1. The van der Waals surface area contributed by atoms with Gasteiger partial charge in [-0.15, -0.1) is 0 Å². The number of carboxylic acids is 1. The van der Waals surface area contributed by atoms with Crippen LogP contribution in [0.15, 0.2) is 39.6 Å². The highest BCUT2D eigenvalue weighted by molar-refractivity contribution is 9.10. The highest BCUT2D eigenvalue weighted by Crippen LogP contribution is 2.27. The molecule has 11 heteroatoms. The normalized spacial score (nSPS) is 16.0. The lowest BCUT2D eigenvalue weighted by Gasteiger charge is -2.26. The Kier molecular flexibility index (Phi) is 11.0. The summed E-state index contributed by atoms with van der Waals surface area (Å²) in [6.07, 6.45) is -0.353. The second-order valence-electron chi connectivity index (χ2n) is 8.21. The van der Waals surface area contributed by atoms with Crippen molar-refractivity contribution in [3.8, 4) is 0 Å². The number of aromatic nitrogens is 1. The van der Waals surface area contributed by atoms with Crippen LogP contribution < -0.4 is 5.56 Å². The molecular formula is C24H27BrClF3N2O4. The third kappa shape index (κ3) is 8.77. The molecule has 1 saturated heterocycles. The van der Waals surface area contributed by atoms with Gasteiger partial charge < -0.3 is 9.67 Å². The molecule has 1 aliphatic heterocycles. The number of carbonyl (C=O) groups is 2. The molecule has 1 aromatic carbocycles. The summed E-state index contributed by atoms with van der Waals surface area (Å²) >= 11 is 9.80. The standard InChI is InChI=1S/C22H26BrClN2O3.C2HF3O/c1-2-4-17-5-3-11-25(17)14-20-18(23)13-19(24)21(27)26(20)12-10-15-6-8-16(9-7-15)22(28)29;3-2(4,5)1-6/h6-9,13,17H,2-5,10-12,14H2,1H3,(H,28,29);1H/t17-;/m0./s1. The van der Waals surface area contributed by atoms with E-state index in [-0.39, 0.29) is 16.1 Å². The van der Waals surface area contributed by atoms with Gasteiger partial charge in [0.05, 0.1) is 5.56 Å². The first kappa shape index (κ1) is 29.1. The molecule has 192 valence electrons. The Hall–Kier alpha value is -2.17. The summed E-state index contributed by atoms with van der Waals surface area (Å²) in [5.74, 6) is -0.943. The minimum Gasteiger partial charge on any atom is -0.478 e. The van der Waals surface area contributed by atoms with Crippen LogP contribution in [-0.2, 0) is 24.3 Å². The van der Waals surface area contributed by atoms with E-state index in [2.05, 4.69) is 27.8 Å². The zero-order valence-corrected chi connectivity index (χ0v) is 21.5.